The van der Waals surface area contributed by atoms with Gasteiger partial charge < -0.3 is 48.7 Å². The van der Waals surface area contributed by atoms with Crippen LogP contribution in [0.15, 0.2) is 69.8 Å². The molecule has 4 bridgehead atoms. The molecule has 7 amide bonds. The minimum atomic E-state index is -1.44. The number of guanidine groups is 1. The van der Waals surface area contributed by atoms with Crippen molar-refractivity contribution in [2.75, 3.05) is 26.2 Å². The average molecular weight is 961 g/mol. The lowest BCUT2D eigenvalue weighted by atomic mass is 10.0. The molecule has 3 aliphatic rings. The van der Waals surface area contributed by atoms with Gasteiger partial charge in [0.25, 0.3) is 11.8 Å². The molecule has 4 atom stereocenters. The van der Waals surface area contributed by atoms with Gasteiger partial charge in [-0.3, -0.25) is 38.6 Å². The number of benzene rings is 3. The number of azo groups is 1. The summed E-state index contributed by atoms with van der Waals surface area (Å²) >= 11 is 0. The van der Waals surface area contributed by atoms with Crippen LogP contribution in [0.1, 0.15) is 72.7 Å². The zero-order chi connectivity index (χ0) is 48.5. The number of rotatable bonds is 9. The van der Waals surface area contributed by atoms with E-state index in [1.165, 1.54) is 0 Å². The Bertz CT molecular complexity index is 2290. The molecule has 19 nitrogen and oxygen atoms in total. The van der Waals surface area contributed by atoms with Crippen molar-refractivity contribution in [3.05, 3.63) is 94.6 Å². The second-order valence-electron chi connectivity index (χ2n) is 15.3. The van der Waals surface area contributed by atoms with Crippen molar-refractivity contribution in [2.24, 2.45) is 32.6 Å². The maximum Gasteiger partial charge on any atom is 0.251 e. The summed E-state index contributed by atoms with van der Waals surface area (Å²) in [6.07, 6.45) is -0.184. The zero-order valence-corrected chi connectivity index (χ0v) is 37.5. The minimum absolute atomic E-state index is 0. The first-order chi connectivity index (χ1) is 31.4. The number of nitrogens with one attached hydrogen (secondary N) is 7. The molecule has 362 valence electrons. The van der Waals surface area contributed by atoms with Gasteiger partial charge in [-0.1, -0.05) is 51.1 Å². The maximum absolute atomic E-state index is 15.1. The quantitative estimate of drug-likeness (QED) is 0.0658. The normalized spacial score (nSPS) is 19.2. The van der Waals surface area contributed by atoms with Crippen molar-refractivity contribution >= 4 is 71.1 Å². The lowest BCUT2D eigenvalue weighted by Crippen LogP contribution is -2.58. The smallest absolute Gasteiger partial charge is 0.251 e. The van der Waals surface area contributed by atoms with E-state index >= 15 is 17.6 Å². The predicted octanol–water partition coefficient (Wildman–Crippen LogP) is 2.36. The van der Waals surface area contributed by atoms with Crippen LogP contribution in [0.3, 0.4) is 0 Å². The third kappa shape index (κ3) is 16.3. The topological polar surface area (TPSA) is 293 Å². The second-order valence-corrected chi connectivity index (χ2v) is 15.3. The van der Waals surface area contributed by atoms with Crippen LogP contribution in [0.5, 0.6) is 0 Å². The zero-order valence-electron chi connectivity index (χ0n) is 36.7. The second kappa shape index (κ2) is 26.1. The Hall–Kier alpha value is -7.17. The SMILES string of the molecule is CC[C@@H]1NC(=O)[C@H](CCCN=C(N)N)NC(=O)[C@H](NC(=O)C(C)C)CCNC(=O)c2cc(F)c(c(F)c2)N=Nc2c(F)cc(cc2F)C(=O)NCCNC(=O)[C@@H](Cc2ccccc2)NC1=O.Cl. The third-order valence-corrected chi connectivity index (χ3v) is 9.93. The number of hydrogen-bond donors (Lipinski definition) is 9. The fourth-order valence-corrected chi connectivity index (χ4v) is 6.31. The highest BCUT2D eigenvalue weighted by molar-refractivity contribution is 5.97. The first kappa shape index (κ1) is 54.2. The molecule has 0 aromatic heterocycles. The molecule has 0 saturated heterocycles. The molecule has 0 fully saturated rings. The number of nitrogens with zero attached hydrogens (tertiary/aromatic N) is 3. The van der Waals surface area contributed by atoms with Crippen LogP contribution in [0.2, 0.25) is 0 Å². The first-order valence-corrected chi connectivity index (χ1v) is 20.9. The van der Waals surface area contributed by atoms with Crippen molar-refractivity contribution in [2.45, 2.75) is 77.0 Å². The first-order valence-electron chi connectivity index (χ1n) is 20.9. The van der Waals surface area contributed by atoms with Gasteiger partial charge >= 0.3 is 0 Å². The molecule has 0 radical (unpaired) electrons. The summed E-state index contributed by atoms with van der Waals surface area (Å²) < 4.78 is 60.3. The molecule has 3 aromatic carbocycles. The largest absolute Gasteiger partial charge is 0.370 e. The van der Waals surface area contributed by atoms with E-state index in [4.69, 9.17) is 11.5 Å². The average Bonchev–Trinajstić information content (AvgIpc) is 3.27. The number of carbonyl (C=O) groups is 7. The van der Waals surface area contributed by atoms with Crippen LogP contribution in [0, 0.1) is 29.2 Å². The number of carbonyl (C=O) groups excluding carboxylic acids is 7. The molecule has 11 N–H and O–H groups in total. The maximum atomic E-state index is 15.1. The molecular formula is C43H53ClF4N12O7. The van der Waals surface area contributed by atoms with Gasteiger partial charge in [-0.2, -0.15) is 0 Å². The van der Waals surface area contributed by atoms with Gasteiger partial charge in [-0.25, -0.2) is 17.6 Å². The van der Waals surface area contributed by atoms with Crippen molar-refractivity contribution in [3.63, 3.8) is 0 Å². The Morgan fingerprint density at radius 2 is 1.21 bits per heavy atom. The molecule has 0 spiro atoms. The third-order valence-electron chi connectivity index (χ3n) is 9.93. The summed E-state index contributed by atoms with van der Waals surface area (Å²) in [5.74, 6) is -12.2. The standard InChI is InChI=1S/C43H52F4N12O7.ClH/c1-4-30-40(64)57-33(17-23-9-6-5-7-10-23)39(63)52-16-15-51-38(62)25-20-28(46)35(29(47)21-25)59-58-34-26(44)18-24(19-27(34)45)37(61)50-14-12-32(55-36(60)22(2)3)42(66)56-31(41(65)54-30)11-8-13-53-43(48)49;/h5-7,9-10,18-22,30-33H,4,8,11-17H2,1-3H3,(H,50,61)(H,51,62)(H,52,63)(H,54,65)(H,55,60)(H,56,66)(H,57,64)(H4,48,49,53);1H/t30-,31-,32+,33+;/m0./s1. The molecule has 0 saturated carbocycles. The Morgan fingerprint density at radius 1 is 0.716 bits per heavy atom. The Labute approximate surface area is 388 Å². The van der Waals surface area contributed by atoms with Gasteiger partial charge in [0, 0.05) is 49.6 Å². The van der Waals surface area contributed by atoms with Gasteiger partial charge in [0.05, 0.1) is 0 Å². The van der Waals surface area contributed by atoms with Gasteiger partial charge in [0.1, 0.15) is 24.2 Å². The van der Waals surface area contributed by atoms with Crippen LogP contribution < -0.4 is 48.7 Å². The van der Waals surface area contributed by atoms with Crippen LogP contribution >= 0.6 is 12.4 Å². The fourth-order valence-electron chi connectivity index (χ4n) is 6.31. The molecule has 24 heteroatoms. The summed E-state index contributed by atoms with van der Waals surface area (Å²) in [7, 11) is 0. The summed E-state index contributed by atoms with van der Waals surface area (Å²) in [6, 6.07) is 5.84. The lowest BCUT2D eigenvalue weighted by molar-refractivity contribution is -0.135. The number of nitrogens with two attached hydrogens (primary N) is 2. The summed E-state index contributed by atoms with van der Waals surface area (Å²) in [5.41, 5.74) is 8.31. The molecule has 3 heterocycles. The summed E-state index contributed by atoms with van der Waals surface area (Å²) in [6.45, 7) is 3.94. The van der Waals surface area contributed by atoms with Gasteiger partial charge in [0.15, 0.2) is 40.6 Å². The number of halogens is 5. The van der Waals surface area contributed by atoms with Gasteiger partial charge in [-0.15, -0.1) is 22.6 Å². The predicted molar refractivity (Wildman–Crippen MR) is 239 cm³/mol. The van der Waals surface area contributed by atoms with E-state index in [1.54, 1.807) is 51.1 Å². The van der Waals surface area contributed by atoms with E-state index in [0.717, 1.165) is 0 Å². The highest BCUT2D eigenvalue weighted by Gasteiger charge is 2.31. The Morgan fingerprint density at radius 3 is 1.73 bits per heavy atom. The number of hydrogen-bond acceptors (Lipinski definition) is 10. The van der Waals surface area contributed by atoms with E-state index in [-0.39, 0.29) is 76.6 Å². The molecule has 3 aliphatic heterocycles. The number of amides is 7. The van der Waals surface area contributed by atoms with Crippen molar-refractivity contribution in [1.29, 1.82) is 0 Å². The van der Waals surface area contributed by atoms with Crippen LogP contribution in [-0.2, 0) is 30.4 Å². The molecule has 6 rings (SSSR count). The van der Waals surface area contributed by atoms with Crippen molar-refractivity contribution < 1.29 is 51.1 Å². The molecule has 0 aliphatic carbocycles. The molecule has 0 unspecified atom stereocenters. The van der Waals surface area contributed by atoms with E-state index in [2.05, 4.69) is 52.4 Å². The van der Waals surface area contributed by atoms with Gasteiger partial charge in [0.2, 0.25) is 29.5 Å². The summed E-state index contributed by atoms with van der Waals surface area (Å²) in [4.78, 5) is 97.7. The Balaban J connectivity index is 0.0000119. The molecule has 67 heavy (non-hydrogen) atoms. The van der Waals surface area contributed by atoms with Crippen molar-refractivity contribution in [3.8, 4) is 0 Å². The monoisotopic (exact) mass is 960 g/mol. The Kier molecular flexibility index (Phi) is 21.1. The number of aliphatic imine (C=N–C) groups is 1. The fraction of sp³-hybridized carbons (Fsp3) is 0.395. The minimum Gasteiger partial charge on any atom is -0.370 e. The van der Waals surface area contributed by atoms with Crippen LogP contribution in [0.25, 0.3) is 0 Å². The van der Waals surface area contributed by atoms with Gasteiger partial charge in [-0.05, 0) is 55.5 Å². The summed E-state index contributed by atoms with van der Waals surface area (Å²) in [5, 5.41) is 24.4. The highest BCUT2D eigenvalue weighted by Crippen LogP contribution is 2.29. The van der Waals surface area contributed by atoms with E-state index in [9.17, 15) is 33.6 Å². The van der Waals surface area contributed by atoms with E-state index in [1.807, 2.05) is 0 Å². The van der Waals surface area contributed by atoms with Crippen LogP contribution in [-0.4, -0.2) is 97.7 Å². The van der Waals surface area contributed by atoms with Crippen LogP contribution in [0.4, 0.5) is 28.9 Å². The lowest BCUT2D eigenvalue weighted by Gasteiger charge is -2.26. The number of fused-ring (bicyclic) bond motifs is 2. The van der Waals surface area contributed by atoms with Crippen molar-refractivity contribution in [1.82, 2.24) is 37.2 Å². The molecule has 3 aromatic rings. The molecular weight excluding hydrogens is 908 g/mol. The highest BCUT2D eigenvalue weighted by atomic mass is 35.5. The van der Waals surface area contributed by atoms with E-state index in [0.29, 0.717) is 29.8 Å². The van der Waals surface area contributed by atoms with E-state index < -0.39 is 117 Å².